The quantitative estimate of drug-likeness (QED) is 0.406. The molecule has 0 radical (unpaired) electrons. The van der Waals surface area contributed by atoms with E-state index in [-0.39, 0.29) is 0 Å². The van der Waals surface area contributed by atoms with Crippen molar-refractivity contribution in [3.8, 4) is 0 Å². The van der Waals surface area contributed by atoms with Crippen molar-refractivity contribution in [2.45, 2.75) is 37.6 Å². The van der Waals surface area contributed by atoms with Crippen LogP contribution in [0.25, 0.3) is 0 Å². The maximum Gasteiger partial charge on any atom is 0.113 e. The van der Waals surface area contributed by atoms with Crippen molar-refractivity contribution in [1.29, 1.82) is 0 Å². The standard InChI is InChI=1S/C6H12O3/c1-6(9)4(7)2-3-5(6)8/h4-5,7-9H,2-3H2,1H3/t4-,5-/m1/s1. The van der Waals surface area contributed by atoms with Gasteiger partial charge in [0, 0.05) is 0 Å². The third kappa shape index (κ3) is 0.956. The summed E-state index contributed by atoms with van der Waals surface area (Å²) in [7, 11) is 0. The molecule has 9 heavy (non-hydrogen) atoms. The molecule has 1 aliphatic rings. The van der Waals surface area contributed by atoms with E-state index in [1.807, 2.05) is 0 Å². The van der Waals surface area contributed by atoms with Crippen LogP contribution in [0.15, 0.2) is 0 Å². The predicted molar refractivity (Wildman–Crippen MR) is 31.9 cm³/mol. The van der Waals surface area contributed by atoms with Crippen molar-refractivity contribution >= 4 is 0 Å². The zero-order chi connectivity index (χ0) is 7.07. The first kappa shape index (κ1) is 6.99. The molecular formula is C6H12O3. The smallest absolute Gasteiger partial charge is 0.113 e. The fourth-order valence-corrected chi connectivity index (χ4v) is 1.12. The fourth-order valence-electron chi connectivity index (χ4n) is 1.12. The van der Waals surface area contributed by atoms with Crippen LogP contribution < -0.4 is 0 Å². The SMILES string of the molecule is CC1(O)[C@H](O)CC[C@H]1O. The van der Waals surface area contributed by atoms with E-state index in [0.717, 1.165) is 0 Å². The van der Waals surface area contributed by atoms with Gasteiger partial charge in [0.25, 0.3) is 0 Å². The summed E-state index contributed by atoms with van der Waals surface area (Å²) >= 11 is 0. The second-order valence-electron chi connectivity index (χ2n) is 2.83. The van der Waals surface area contributed by atoms with Crippen molar-refractivity contribution in [1.82, 2.24) is 0 Å². The van der Waals surface area contributed by atoms with E-state index in [4.69, 9.17) is 10.2 Å². The molecule has 1 fully saturated rings. The molecule has 0 aromatic carbocycles. The predicted octanol–water partition coefficient (Wildman–Crippen LogP) is -0.747. The van der Waals surface area contributed by atoms with E-state index < -0.39 is 17.8 Å². The van der Waals surface area contributed by atoms with Crippen molar-refractivity contribution < 1.29 is 15.3 Å². The Bertz CT molecular complexity index is 98.9. The van der Waals surface area contributed by atoms with Gasteiger partial charge >= 0.3 is 0 Å². The van der Waals surface area contributed by atoms with Crippen molar-refractivity contribution in [2.24, 2.45) is 0 Å². The molecular weight excluding hydrogens is 120 g/mol. The summed E-state index contributed by atoms with van der Waals surface area (Å²) < 4.78 is 0. The monoisotopic (exact) mass is 132 g/mol. The summed E-state index contributed by atoms with van der Waals surface area (Å²) in [5.74, 6) is 0. The normalized spacial score (nSPS) is 41.3. The first-order valence-electron chi connectivity index (χ1n) is 3.13. The van der Waals surface area contributed by atoms with Crippen LogP contribution in [0.3, 0.4) is 0 Å². The van der Waals surface area contributed by atoms with E-state index in [2.05, 4.69) is 0 Å². The lowest BCUT2D eigenvalue weighted by atomic mass is 10.0. The fraction of sp³-hybridized carbons (Fsp3) is 1.00. The first-order chi connectivity index (χ1) is 4.05. The highest BCUT2D eigenvalue weighted by molar-refractivity contribution is 4.95. The average Bonchev–Trinajstić information content (AvgIpc) is 1.96. The number of hydrogen-bond donors (Lipinski definition) is 3. The molecule has 2 atom stereocenters. The van der Waals surface area contributed by atoms with Gasteiger partial charge in [-0.2, -0.15) is 0 Å². The minimum absolute atomic E-state index is 0.494. The van der Waals surface area contributed by atoms with Crippen LogP contribution in [-0.2, 0) is 0 Å². The second-order valence-corrected chi connectivity index (χ2v) is 2.83. The molecule has 1 rings (SSSR count). The molecule has 0 aromatic rings. The summed E-state index contributed by atoms with van der Waals surface area (Å²) in [5, 5.41) is 27.3. The highest BCUT2D eigenvalue weighted by atomic mass is 16.4. The summed E-state index contributed by atoms with van der Waals surface area (Å²) in [6.45, 7) is 1.45. The minimum atomic E-state index is -1.28. The van der Waals surface area contributed by atoms with Gasteiger partial charge in [-0.3, -0.25) is 0 Å². The summed E-state index contributed by atoms with van der Waals surface area (Å²) in [5.41, 5.74) is -1.28. The van der Waals surface area contributed by atoms with Gasteiger partial charge in [0.15, 0.2) is 0 Å². The molecule has 0 heterocycles. The molecule has 1 saturated carbocycles. The van der Waals surface area contributed by atoms with Gasteiger partial charge in [-0.15, -0.1) is 0 Å². The van der Waals surface area contributed by atoms with Gasteiger partial charge in [-0.1, -0.05) is 0 Å². The van der Waals surface area contributed by atoms with Gasteiger partial charge < -0.3 is 15.3 Å². The average molecular weight is 132 g/mol. The van der Waals surface area contributed by atoms with Gasteiger partial charge in [0.05, 0.1) is 12.2 Å². The number of rotatable bonds is 0. The summed E-state index contributed by atoms with van der Waals surface area (Å²) in [6, 6.07) is 0. The molecule has 0 aliphatic heterocycles. The molecule has 0 unspecified atom stereocenters. The van der Waals surface area contributed by atoms with Crippen molar-refractivity contribution in [2.75, 3.05) is 0 Å². The van der Waals surface area contributed by atoms with Crippen LogP contribution in [0.4, 0.5) is 0 Å². The van der Waals surface area contributed by atoms with E-state index >= 15 is 0 Å². The molecule has 3 heteroatoms. The van der Waals surface area contributed by atoms with E-state index in [1.165, 1.54) is 6.92 Å². The zero-order valence-electron chi connectivity index (χ0n) is 5.41. The van der Waals surface area contributed by atoms with E-state index in [1.54, 1.807) is 0 Å². The van der Waals surface area contributed by atoms with Crippen molar-refractivity contribution in [3.63, 3.8) is 0 Å². The lowest BCUT2D eigenvalue weighted by Gasteiger charge is -2.24. The Morgan fingerprint density at radius 1 is 1.22 bits per heavy atom. The molecule has 1 aliphatic carbocycles. The minimum Gasteiger partial charge on any atom is -0.390 e. The number of aliphatic hydroxyl groups is 3. The largest absolute Gasteiger partial charge is 0.390 e. The topological polar surface area (TPSA) is 60.7 Å². The Morgan fingerprint density at radius 3 is 1.67 bits per heavy atom. The third-order valence-electron chi connectivity index (χ3n) is 2.06. The van der Waals surface area contributed by atoms with E-state index in [9.17, 15) is 5.11 Å². The molecule has 0 spiro atoms. The molecule has 0 amide bonds. The van der Waals surface area contributed by atoms with Crippen LogP contribution in [0.2, 0.25) is 0 Å². The summed E-state index contributed by atoms with van der Waals surface area (Å²) in [6.07, 6.45) is -0.525. The van der Waals surface area contributed by atoms with Crippen LogP contribution in [0, 0.1) is 0 Å². The second kappa shape index (κ2) is 1.94. The number of hydrogen-bond acceptors (Lipinski definition) is 3. The molecule has 0 bridgehead atoms. The molecule has 0 aromatic heterocycles. The third-order valence-corrected chi connectivity index (χ3v) is 2.06. The van der Waals surface area contributed by atoms with Gasteiger partial charge in [-0.25, -0.2) is 0 Å². The van der Waals surface area contributed by atoms with Crippen LogP contribution in [-0.4, -0.2) is 33.1 Å². The zero-order valence-corrected chi connectivity index (χ0v) is 5.41. The first-order valence-corrected chi connectivity index (χ1v) is 3.13. The molecule has 54 valence electrons. The maximum absolute atomic E-state index is 9.23. The highest BCUT2D eigenvalue weighted by Crippen LogP contribution is 2.29. The Hall–Kier alpha value is -0.120. The van der Waals surface area contributed by atoms with Crippen molar-refractivity contribution in [3.05, 3.63) is 0 Å². The molecule has 3 nitrogen and oxygen atoms in total. The summed E-state index contributed by atoms with van der Waals surface area (Å²) in [4.78, 5) is 0. The Balaban J connectivity index is 2.66. The van der Waals surface area contributed by atoms with Gasteiger partial charge in [0.1, 0.15) is 5.60 Å². The molecule has 3 N–H and O–H groups in total. The Labute approximate surface area is 53.9 Å². The lowest BCUT2D eigenvalue weighted by molar-refractivity contribution is -0.0981. The Kier molecular flexibility index (Phi) is 1.50. The number of aliphatic hydroxyl groups excluding tert-OH is 2. The van der Waals surface area contributed by atoms with Crippen LogP contribution in [0.1, 0.15) is 19.8 Å². The van der Waals surface area contributed by atoms with Gasteiger partial charge in [0.2, 0.25) is 0 Å². The van der Waals surface area contributed by atoms with Crippen LogP contribution >= 0.6 is 0 Å². The van der Waals surface area contributed by atoms with Gasteiger partial charge in [-0.05, 0) is 19.8 Å². The lowest BCUT2D eigenvalue weighted by Crippen LogP contribution is -2.42. The van der Waals surface area contributed by atoms with Crippen LogP contribution in [0.5, 0.6) is 0 Å². The maximum atomic E-state index is 9.23. The molecule has 0 saturated heterocycles. The Morgan fingerprint density at radius 2 is 1.56 bits per heavy atom. The highest BCUT2D eigenvalue weighted by Gasteiger charge is 2.43. The van der Waals surface area contributed by atoms with E-state index in [0.29, 0.717) is 12.8 Å².